The van der Waals surface area contributed by atoms with Gasteiger partial charge < -0.3 is 15.4 Å². The molecule has 0 bridgehead atoms. The van der Waals surface area contributed by atoms with Gasteiger partial charge in [-0.1, -0.05) is 44.0 Å². The van der Waals surface area contributed by atoms with Gasteiger partial charge in [0, 0.05) is 27.2 Å². The molecule has 2 N–H and O–H groups in total. The van der Waals surface area contributed by atoms with Crippen LogP contribution in [0.3, 0.4) is 0 Å². The number of hydrogen-bond donors (Lipinski definition) is 2. The van der Waals surface area contributed by atoms with Crippen molar-refractivity contribution in [1.82, 2.24) is 10.6 Å². The van der Waals surface area contributed by atoms with Crippen molar-refractivity contribution in [3.8, 4) is 0 Å². The molecule has 1 fully saturated rings. The first-order valence-electron chi connectivity index (χ1n) is 8.72. The third kappa shape index (κ3) is 6.24. The number of guanidine groups is 1. The molecule has 5 heteroatoms. The van der Waals surface area contributed by atoms with Crippen molar-refractivity contribution in [1.29, 1.82) is 0 Å². The van der Waals surface area contributed by atoms with Crippen molar-refractivity contribution in [2.75, 3.05) is 20.7 Å². The standard InChI is InChI=1S/C19H31N3O.HI/c1-4-19(11-5-6-12-19)15-22-18(20-2)21-13-16-7-9-17(10-8-16)14-23-3;/h7-10H,4-6,11-15H2,1-3H3,(H2,20,21,22);1H. The maximum Gasteiger partial charge on any atom is 0.191 e. The molecule has 4 nitrogen and oxygen atoms in total. The van der Waals surface area contributed by atoms with E-state index in [9.17, 15) is 0 Å². The van der Waals surface area contributed by atoms with Crippen LogP contribution >= 0.6 is 24.0 Å². The first-order valence-corrected chi connectivity index (χ1v) is 8.72. The zero-order valence-electron chi connectivity index (χ0n) is 15.2. The fraction of sp³-hybridized carbons (Fsp3) is 0.632. The predicted molar refractivity (Wildman–Crippen MR) is 112 cm³/mol. The lowest BCUT2D eigenvalue weighted by Gasteiger charge is -2.28. The molecule has 2 rings (SSSR count). The van der Waals surface area contributed by atoms with Crippen LogP contribution in [0, 0.1) is 5.41 Å². The highest BCUT2D eigenvalue weighted by Gasteiger charge is 2.31. The minimum absolute atomic E-state index is 0. The quantitative estimate of drug-likeness (QED) is 0.378. The van der Waals surface area contributed by atoms with E-state index >= 15 is 0 Å². The Labute approximate surface area is 163 Å². The highest BCUT2D eigenvalue weighted by Crippen LogP contribution is 2.40. The topological polar surface area (TPSA) is 45.7 Å². The van der Waals surface area contributed by atoms with Crippen LogP contribution in [-0.4, -0.2) is 26.7 Å². The number of nitrogens with zero attached hydrogens (tertiary/aromatic N) is 1. The number of nitrogens with one attached hydrogen (secondary N) is 2. The Bertz CT molecular complexity index is 496. The van der Waals surface area contributed by atoms with E-state index in [1.54, 1.807) is 7.11 Å². The first kappa shape index (κ1) is 21.2. The Balaban J connectivity index is 0.00000288. The summed E-state index contributed by atoms with van der Waals surface area (Å²) in [7, 11) is 3.56. The summed E-state index contributed by atoms with van der Waals surface area (Å²) >= 11 is 0. The van der Waals surface area contributed by atoms with Crippen LogP contribution < -0.4 is 10.6 Å². The zero-order valence-corrected chi connectivity index (χ0v) is 17.6. The number of hydrogen-bond acceptors (Lipinski definition) is 2. The van der Waals surface area contributed by atoms with E-state index in [0.29, 0.717) is 12.0 Å². The number of benzene rings is 1. The average Bonchev–Trinajstić information content (AvgIpc) is 3.06. The molecule has 0 unspecified atom stereocenters. The van der Waals surface area contributed by atoms with Crippen LogP contribution in [-0.2, 0) is 17.9 Å². The van der Waals surface area contributed by atoms with Gasteiger partial charge in [-0.05, 0) is 35.8 Å². The predicted octanol–water partition coefficient (Wildman–Crippen LogP) is 4.09. The van der Waals surface area contributed by atoms with Crippen LogP contribution in [0.1, 0.15) is 50.2 Å². The van der Waals surface area contributed by atoms with Crippen LogP contribution in [0.2, 0.25) is 0 Å². The van der Waals surface area contributed by atoms with Crippen molar-refractivity contribution in [3.63, 3.8) is 0 Å². The van der Waals surface area contributed by atoms with Gasteiger partial charge in [-0.15, -0.1) is 24.0 Å². The molecule has 1 aliphatic carbocycles. The van der Waals surface area contributed by atoms with Crippen LogP contribution in [0.15, 0.2) is 29.3 Å². The van der Waals surface area contributed by atoms with E-state index in [-0.39, 0.29) is 24.0 Å². The van der Waals surface area contributed by atoms with Gasteiger partial charge in [0.25, 0.3) is 0 Å². The number of methoxy groups -OCH3 is 1. The monoisotopic (exact) mass is 445 g/mol. The Kier molecular flexibility index (Phi) is 9.66. The van der Waals surface area contributed by atoms with Gasteiger partial charge in [-0.3, -0.25) is 4.99 Å². The highest BCUT2D eigenvalue weighted by atomic mass is 127. The Morgan fingerprint density at radius 3 is 2.29 bits per heavy atom. The van der Waals surface area contributed by atoms with E-state index < -0.39 is 0 Å². The maximum absolute atomic E-state index is 5.14. The minimum atomic E-state index is 0. The van der Waals surface area contributed by atoms with Gasteiger partial charge >= 0.3 is 0 Å². The Morgan fingerprint density at radius 1 is 1.12 bits per heavy atom. The Morgan fingerprint density at radius 2 is 1.75 bits per heavy atom. The molecule has 0 heterocycles. The lowest BCUT2D eigenvalue weighted by Crippen LogP contribution is -2.42. The number of ether oxygens (including phenoxy) is 1. The average molecular weight is 445 g/mol. The summed E-state index contributed by atoms with van der Waals surface area (Å²) < 4.78 is 5.14. The smallest absolute Gasteiger partial charge is 0.191 e. The molecule has 1 saturated carbocycles. The molecule has 1 aromatic rings. The van der Waals surface area contributed by atoms with Crippen molar-refractivity contribution in [2.45, 2.75) is 52.2 Å². The van der Waals surface area contributed by atoms with Gasteiger partial charge in [0.2, 0.25) is 0 Å². The Hall–Kier alpha value is -0.820. The van der Waals surface area contributed by atoms with E-state index in [4.69, 9.17) is 4.74 Å². The van der Waals surface area contributed by atoms with E-state index in [1.807, 2.05) is 7.05 Å². The zero-order chi connectivity index (χ0) is 16.5. The van der Waals surface area contributed by atoms with Crippen LogP contribution in [0.25, 0.3) is 0 Å². The molecular formula is C19H32IN3O. The summed E-state index contributed by atoms with van der Waals surface area (Å²) in [6.45, 7) is 4.78. The first-order chi connectivity index (χ1) is 11.2. The van der Waals surface area contributed by atoms with E-state index in [1.165, 1.54) is 43.2 Å². The summed E-state index contributed by atoms with van der Waals surface area (Å²) in [6.07, 6.45) is 6.67. The van der Waals surface area contributed by atoms with Gasteiger partial charge in [0.15, 0.2) is 5.96 Å². The molecule has 0 radical (unpaired) electrons. The van der Waals surface area contributed by atoms with Gasteiger partial charge in [0.1, 0.15) is 0 Å². The summed E-state index contributed by atoms with van der Waals surface area (Å²) in [5, 5.41) is 6.93. The molecule has 136 valence electrons. The van der Waals surface area contributed by atoms with Gasteiger partial charge in [-0.25, -0.2) is 0 Å². The third-order valence-electron chi connectivity index (χ3n) is 5.06. The molecular weight excluding hydrogens is 413 g/mol. The second-order valence-electron chi connectivity index (χ2n) is 6.59. The summed E-state index contributed by atoms with van der Waals surface area (Å²) in [5.41, 5.74) is 2.92. The van der Waals surface area contributed by atoms with Crippen molar-refractivity contribution in [2.24, 2.45) is 10.4 Å². The SMILES string of the molecule is CCC1(CNC(=NC)NCc2ccc(COC)cc2)CCCC1.I. The van der Waals surface area contributed by atoms with Crippen molar-refractivity contribution < 1.29 is 4.74 Å². The molecule has 0 aromatic heterocycles. The number of aliphatic imine (C=N–C) groups is 1. The molecule has 0 saturated heterocycles. The molecule has 24 heavy (non-hydrogen) atoms. The van der Waals surface area contributed by atoms with E-state index in [2.05, 4.69) is 46.8 Å². The number of rotatable bonds is 7. The van der Waals surface area contributed by atoms with Crippen molar-refractivity contribution in [3.05, 3.63) is 35.4 Å². The second kappa shape index (κ2) is 10.9. The van der Waals surface area contributed by atoms with Crippen molar-refractivity contribution >= 4 is 29.9 Å². The second-order valence-corrected chi connectivity index (χ2v) is 6.59. The van der Waals surface area contributed by atoms with Gasteiger partial charge in [-0.2, -0.15) is 0 Å². The lowest BCUT2D eigenvalue weighted by atomic mass is 9.83. The highest BCUT2D eigenvalue weighted by molar-refractivity contribution is 14.0. The summed E-state index contributed by atoms with van der Waals surface area (Å²) in [5.74, 6) is 0.894. The summed E-state index contributed by atoms with van der Waals surface area (Å²) in [4.78, 5) is 4.35. The number of halogens is 1. The molecule has 0 amide bonds. The molecule has 1 aliphatic rings. The molecule has 0 atom stereocenters. The van der Waals surface area contributed by atoms with Crippen LogP contribution in [0.4, 0.5) is 0 Å². The third-order valence-corrected chi connectivity index (χ3v) is 5.06. The maximum atomic E-state index is 5.14. The fourth-order valence-corrected chi connectivity index (χ4v) is 3.38. The molecule has 0 spiro atoms. The summed E-state index contributed by atoms with van der Waals surface area (Å²) in [6, 6.07) is 8.50. The molecule has 1 aromatic carbocycles. The largest absolute Gasteiger partial charge is 0.380 e. The lowest BCUT2D eigenvalue weighted by molar-refractivity contribution is 0.185. The fourth-order valence-electron chi connectivity index (χ4n) is 3.38. The van der Waals surface area contributed by atoms with Crippen LogP contribution in [0.5, 0.6) is 0 Å². The molecule has 0 aliphatic heterocycles. The van der Waals surface area contributed by atoms with E-state index in [0.717, 1.165) is 19.0 Å². The minimum Gasteiger partial charge on any atom is -0.380 e. The normalized spacial score (nSPS) is 16.5. The van der Waals surface area contributed by atoms with Gasteiger partial charge in [0.05, 0.1) is 6.61 Å².